The van der Waals surface area contributed by atoms with Crippen LogP contribution in [0, 0.1) is 12.7 Å². The quantitative estimate of drug-likeness (QED) is 0.760. The predicted octanol–water partition coefficient (Wildman–Crippen LogP) is 1.85. The van der Waals surface area contributed by atoms with Crippen LogP contribution in [0.1, 0.15) is 34.5 Å². The molecule has 0 fully saturated rings. The van der Waals surface area contributed by atoms with E-state index >= 15 is 0 Å². The van der Waals surface area contributed by atoms with Crippen molar-refractivity contribution in [2.45, 2.75) is 19.9 Å². The van der Waals surface area contributed by atoms with Gasteiger partial charge in [-0.25, -0.2) is 9.18 Å². The minimum absolute atomic E-state index is 0.298. The lowest BCUT2D eigenvalue weighted by molar-refractivity contribution is 0.0691. The van der Waals surface area contributed by atoms with Crippen molar-refractivity contribution >= 4 is 5.97 Å². The molecule has 0 aromatic heterocycles. The molecule has 0 saturated carbocycles. The molecule has 4 heteroatoms. The zero-order chi connectivity index (χ0) is 10.9. The molecule has 0 amide bonds. The second kappa shape index (κ2) is 3.75. The average molecular weight is 197 g/mol. The average Bonchev–Trinajstić information content (AvgIpc) is 2.02. The second-order valence-electron chi connectivity index (χ2n) is 3.28. The third-order valence-corrected chi connectivity index (χ3v) is 2.08. The molecule has 1 atom stereocenters. The maximum absolute atomic E-state index is 13.1. The van der Waals surface area contributed by atoms with Crippen LogP contribution in [0.15, 0.2) is 12.1 Å². The van der Waals surface area contributed by atoms with Crippen molar-refractivity contribution < 1.29 is 14.3 Å². The van der Waals surface area contributed by atoms with E-state index in [1.54, 1.807) is 13.8 Å². The van der Waals surface area contributed by atoms with Gasteiger partial charge in [-0.3, -0.25) is 0 Å². The van der Waals surface area contributed by atoms with Crippen LogP contribution >= 0.6 is 0 Å². The van der Waals surface area contributed by atoms with Crippen molar-refractivity contribution in [1.82, 2.24) is 0 Å². The Balaban J connectivity index is 3.34. The molecule has 0 heterocycles. The molecule has 1 aromatic rings. The smallest absolute Gasteiger partial charge is 0.338 e. The maximum atomic E-state index is 13.1. The predicted molar refractivity (Wildman–Crippen MR) is 50.7 cm³/mol. The van der Waals surface area contributed by atoms with Gasteiger partial charge in [0.2, 0.25) is 0 Å². The summed E-state index contributed by atoms with van der Waals surface area (Å²) in [5.41, 5.74) is 6.61. The van der Waals surface area contributed by atoms with Gasteiger partial charge < -0.3 is 10.8 Å². The van der Waals surface area contributed by atoms with Crippen LogP contribution in [-0.4, -0.2) is 11.1 Å². The van der Waals surface area contributed by atoms with Crippen molar-refractivity contribution in [3.8, 4) is 0 Å². The molecular weight excluding hydrogens is 185 g/mol. The summed E-state index contributed by atoms with van der Waals surface area (Å²) >= 11 is 0. The minimum atomic E-state index is -1.27. The third kappa shape index (κ3) is 1.90. The van der Waals surface area contributed by atoms with Crippen LogP contribution in [-0.2, 0) is 0 Å². The number of hydrogen-bond donors (Lipinski definition) is 2. The van der Waals surface area contributed by atoms with Gasteiger partial charge in [-0.2, -0.15) is 0 Å². The molecule has 3 N–H and O–H groups in total. The topological polar surface area (TPSA) is 63.3 Å². The van der Waals surface area contributed by atoms with E-state index in [4.69, 9.17) is 10.8 Å². The van der Waals surface area contributed by atoms with Gasteiger partial charge in [-0.1, -0.05) is 0 Å². The Labute approximate surface area is 81.4 Å². The lowest BCUT2D eigenvalue weighted by atomic mass is 9.99. The monoisotopic (exact) mass is 197 g/mol. The summed E-state index contributed by atoms with van der Waals surface area (Å²) in [6.07, 6.45) is 0. The molecule has 1 aromatic carbocycles. The molecule has 0 spiro atoms. The van der Waals surface area contributed by atoms with Crippen molar-refractivity contribution in [2.75, 3.05) is 0 Å². The fourth-order valence-corrected chi connectivity index (χ4v) is 1.34. The number of carboxylic acid groups (broad SMARTS) is 1. The summed E-state index contributed by atoms with van der Waals surface area (Å²) < 4.78 is 13.1. The van der Waals surface area contributed by atoms with Crippen molar-refractivity contribution in [3.05, 3.63) is 34.6 Å². The highest BCUT2D eigenvalue weighted by Crippen LogP contribution is 2.20. The fourth-order valence-electron chi connectivity index (χ4n) is 1.34. The number of carbonyl (C=O) groups is 1. The summed E-state index contributed by atoms with van der Waals surface area (Å²) in [5.74, 6) is -2.00. The summed E-state index contributed by atoms with van der Waals surface area (Å²) in [5, 5.41) is 8.68. The van der Waals surface area contributed by atoms with Gasteiger partial charge in [0.15, 0.2) is 0 Å². The number of rotatable bonds is 2. The van der Waals surface area contributed by atoms with E-state index in [-0.39, 0.29) is 11.6 Å². The Bertz CT molecular complexity index is 375. The highest BCUT2D eigenvalue weighted by Gasteiger charge is 2.14. The lowest BCUT2D eigenvalue weighted by Crippen LogP contribution is -2.10. The largest absolute Gasteiger partial charge is 0.478 e. The molecule has 76 valence electrons. The Kier molecular flexibility index (Phi) is 2.86. The van der Waals surface area contributed by atoms with Crippen LogP contribution in [0.2, 0.25) is 0 Å². The molecule has 0 bridgehead atoms. The fraction of sp³-hybridized carbons (Fsp3) is 0.300. The number of nitrogens with two attached hydrogens (primary N) is 1. The van der Waals surface area contributed by atoms with E-state index < -0.39 is 11.8 Å². The molecule has 0 aliphatic rings. The van der Waals surface area contributed by atoms with Gasteiger partial charge in [0, 0.05) is 6.04 Å². The first kappa shape index (κ1) is 10.7. The van der Waals surface area contributed by atoms with Crippen LogP contribution in [0.3, 0.4) is 0 Å². The second-order valence-corrected chi connectivity index (χ2v) is 3.28. The number of hydrogen-bond acceptors (Lipinski definition) is 2. The summed E-state index contributed by atoms with van der Waals surface area (Å²) in [6, 6.07) is 2.19. The Morgan fingerprint density at radius 3 is 2.57 bits per heavy atom. The molecular formula is C10H12FNO2. The van der Waals surface area contributed by atoms with Crippen LogP contribution in [0.25, 0.3) is 0 Å². The third-order valence-electron chi connectivity index (χ3n) is 2.08. The zero-order valence-corrected chi connectivity index (χ0v) is 8.04. The van der Waals surface area contributed by atoms with E-state index in [0.717, 1.165) is 0 Å². The molecule has 1 rings (SSSR count). The van der Waals surface area contributed by atoms with Gasteiger partial charge in [0.1, 0.15) is 5.82 Å². The number of aryl methyl sites for hydroxylation is 1. The van der Waals surface area contributed by atoms with E-state index in [1.807, 2.05) is 0 Å². The maximum Gasteiger partial charge on any atom is 0.338 e. The Hall–Kier alpha value is -1.42. The van der Waals surface area contributed by atoms with E-state index in [0.29, 0.717) is 11.1 Å². The number of carboxylic acids is 1. The zero-order valence-electron chi connectivity index (χ0n) is 8.04. The van der Waals surface area contributed by atoms with Crippen molar-refractivity contribution in [1.29, 1.82) is 0 Å². The highest BCUT2D eigenvalue weighted by molar-refractivity contribution is 5.88. The SMILES string of the molecule is Cc1cc(F)c(C(=O)O)cc1[C@H](C)N. The summed E-state index contributed by atoms with van der Waals surface area (Å²) in [6.45, 7) is 3.43. The van der Waals surface area contributed by atoms with Crippen molar-refractivity contribution in [3.63, 3.8) is 0 Å². The van der Waals surface area contributed by atoms with Gasteiger partial charge >= 0.3 is 5.97 Å². The molecule has 0 saturated heterocycles. The number of aromatic carboxylic acids is 1. The van der Waals surface area contributed by atoms with Gasteiger partial charge in [-0.15, -0.1) is 0 Å². The van der Waals surface area contributed by atoms with Crippen LogP contribution in [0.5, 0.6) is 0 Å². The molecule has 0 radical (unpaired) electrons. The molecule has 14 heavy (non-hydrogen) atoms. The number of halogens is 1. The lowest BCUT2D eigenvalue weighted by Gasteiger charge is -2.11. The molecule has 0 aliphatic heterocycles. The van der Waals surface area contributed by atoms with Crippen molar-refractivity contribution in [2.24, 2.45) is 5.73 Å². The first-order chi connectivity index (χ1) is 6.43. The van der Waals surface area contributed by atoms with Gasteiger partial charge in [0.05, 0.1) is 5.56 Å². The highest BCUT2D eigenvalue weighted by atomic mass is 19.1. The Morgan fingerprint density at radius 1 is 1.57 bits per heavy atom. The normalized spacial score (nSPS) is 12.6. The first-order valence-electron chi connectivity index (χ1n) is 4.22. The minimum Gasteiger partial charge on any atom is -0.478 e. The van der Waals surface area contributed by atoms with Crippen LogP contribution < -0.4 is 5.73 Å². The van der Waals surface area contributed by atoms with E-state index in [1.165, 1.54) is 12.1 Å². The number of benzene rings is 1. The van der Waals surface area contributed by atoms with E-state index in [2.05, 4.69) is 0 Å². The van der Waals surface area contributed by atoms with E-state index in [9.17, 15) is 9.18 Å². The molecule has 0 aliphatic carbocycles. The van der Waals surface area contributed by atoms with Gasteiger partial charge in [-0.05, 0) is 37.1 Å². The molecule has 0 unspecified atom stereocenters. The standard InChI is InChI=1S/C10H12FNO2/c1-5-3-9(11)8(10(13)14)4-7(5)6(2)12/h3-4,6H,12H2,1-2H3,(H,13,14)/t6-/m0/s1. The van der Waals surface area contributed by atoms with Crippen LogP contribution in [0.4, 0.5) is 4.39 Å². The summed E-state index contributed by atoms with van der Waals surface area (Å²) in [7, 11) is 0. The Morgan fingerprint density at radius 2 is 2.14 bits per heavy atom. The summed E-state index contributed by atoms with van der Waals surface area (Å²) in [4.78, 5) is 10.6. The van der Waals surface area contributed by atoms with Gasteiger partial charge in [0.25, 0.3) is 0 Å². The molecule has 3 nitrogen and oxygen atoms in total. The first-order valence-corrected chi connectivity index (χ1v) is 4.22.